The van der Waals surface area contributed by atoms with E-state index in [4.69, 9.17) is 9.05 Å². The Bertz CT molecular complexity index is 1430. The average Bonchev–Trinajstić information content (AvgIpc) is 3.40. The minimum Gasteiger partial charge on any atom is -0.422 e. The number of rotatable bonds is 1. The molecular weight excluding hydrogens is 449 g/mol. The highest BCUT2D eigenvalue weighted by molar-refractivity contribution is 7.50. The summed E-state index contributed by atoms with van der Waals surface area (Å²) in [5.41, 5.74) is 10.2. The van der Waals surface area contributed by atoms with Crippen molar-refractivity contribution in [2.75, 3.05) is 4.67 Å². The molecule has 0 saturated carbocycles. The van der Waals surface area contributed by atoms with E-state index in [9.17, 15) is 0 Å². The molecule has 0 atom stereocenters. The molecule has 0 amide bonds. The van der Waals surface area contributed by atoms with Crippen LogP contribution in [-0.4, -0.2) is 0 Å². The third-order valence-corrected chi connectivity index (χ3v) is 9.58. The van der Waals surface area contributed by atoms with Crippen LogP contribution in [0.4, 0.5) is 11.4 Å². The number of hydrogen-bond donors (Lipinski definition) is 0. The van der Waals surface area contributed by atoms with Crippen molar-refractivity contribution in [3.05, 3.63) is 118 Å². The molecule has 1 spiro atoms. The molecule has 0 radical (unpaired) electrons. The van der Waals surface area contributed by atoms with Gasteiger partial charge in [-0.2, -0.15) is 0 Å². The van der Waals surface area contributed by atoms with Crippen molar-refractivity contribution in [3.63, 3.8) is 0 Å². The molecule has 0 aromatic heterocycles. The van der Waals surface area contributed by atoms with Crippen LogP contribution in [0.1, 0.15) is 46.2 Å². The van der Waals surface area contributed by atoms with Crippen molar-refractivity contribution in [2.24, 2.45) is 0 Å². The van der Waals surface area contributed by atoms with Crippen LogP contribution in [0.3, 0.4) is 0 Å². The fourth-order valence-electron chi connectivity index (χ4n) is 6.65. The molecule has 2 aliphatic carbocycles. The fraction of sp³-hybridized carbons (Fsp3) is 0.161. The largest absolute Gasteiger partial charge is 0.422 e. The smallest absolute Gasteiger partial charge is 0.422 e. The second-order valence-corrected chi connectivity index (χ2v) is 11.1. The minimum absolute atomic E-state index is 0.00936. The van der Waals surface area contributed by atoms with Crippen molar-refractivity contribution in [2.45, 2.75) is 31.1 Å². The van der Waals surface area contributed by atoms with E-state index in [0.717, 1.165) is 59.7 Å². The van der Waals surface area contributed by atoms with Gasteiger partial charge in [0.15, 0.2) is 0 Å². The van der Waals surface area contributed by atoms with Gasteiger partial charge in [0, 0.05) is 16.5 Å². The van der Waals surface area contributed by atoms with Gasteiger partial charge in [0.2, 0.25) is 0 Å². The van der Waals surface area contributed by atoms with E-state index in [0.29, 0.717) is 0 Å². The molecule has 0 bridgehead atoms. The van der Waals surface area contributed by atoms with Gasteiger partial charge in [-0.05, 0) is 72.2 Å². The molecule has 4 heteroatoms. The van der Waals surface area contributed by atoms with Crippen molar-refractivity contribution < 1.29 is 9.05 Å². The SMILES string of the molecule is C1=Cc2ccccc2N(P2Oc3cccc4c3C3(CC4)CCc4cccc(c43)O2)c2ccccc21. The number of benzene rings is 4. The highest BCUT2D eigenvalue weighted by atomic mass is 31.2. The van der Waals surface area contributed by atoms with E-state index >= 15 is 0 Å². The summed E-state index contributed by atoms with van der Waals surface area (Å²) in [6, 6.07) is 30.2. The van der Waals surface area contributed by atoms with Gasteiger partial charge in [-0.1, -0.05) is 72.8 Å². The summed E-state index contributed by atoms with van der Waals surface area (Å²) in [4.78, 5) is 0. The number of anilines is 2. The molecular formula is C31H24NO2P. The molecule has 4 aliphatic rings. The molecule has 170 valence electrons. The van der Waals surface area contributed by atoms with E-state index in [-0.39, 0.29) is 5.41 Å². The van der Waals surface area contributed by atoms with Crippen LogP contribution >= 0.6 is 8.53 Å². The Hall–Kier alpha value is -3.55. The maximum Gasteiger partial charge on any atom is 0.422 e. The second-order valence-electron chi connectivity index (χ2n) is 9.85. The van der Waals surface area contributed by atoms with E-state index in [1.807, 2.05) is 0 Å². The predicted molar refractivity (Wildman–Crippen MR) is 142 cm³/mol. The van der Waals surface area contributed by atoms with Gasteiger partial charge in [-0.15, -0.1) is 0 Å². The normalized spacial score (nSPS) is 18.2. The lowest BCUT2D eigenvalue weighted by atomic mass is 9.76. The van der Waals surface area contributed by atoms with Gasteiger partial charge in [0.05, 0.1) is 11.4 Å². The molecule has 0 fully saturated rings. The van der Waals surface area contributed by atoms with E-state index in [1.54, 1.807) is 0 Å². The lowest BCUT2D eigenvalue weighted by Gasteiger charge is -2.37. The van der Waals surface area contributed by atoms with Crippen LogP contribution in [0.25, 0.3) is 12.2 Å². The molecule has 0 N–H and O–H groups in total. The summed E-state index contributed by atoms with van der Waals surface area (Å²) < 4.78 is 16.3. The summed E-state index contributed by atoms with van der Waals surface area (Å²) in [6.07, 6.45) is 8.84. The van der Waals surface area contributed by atoms with Gasteiger partial charge >= 0.3 is 8.53 Å². The summed E-state index contributed by atoms with van der Waals surface area (Å²) in [5.74, 6) is 1.97. The van der Waals surface area contributed by atoms with Gasteiger partial charge in [-0.3, -0.25) is 4.67 Å². The van der Waals surface area contributed by atoms with Crippen LogP contribution in [0.5, 0.6) is 11.5 Å². The van der Waals surface area contributed by atoms with Gasteiger partial charge in [0.25, 0.3) is 0 Å². The Kier molecular flexibility index (Phi) is 4.07. The topological polar surface area (TPSA) is 21.7 Å². The Morgan fingerprint density at radius 1 is 0.600 bits per heavy atom. The molecule has 8 rings (SSSR count). The lowest BCUT2D eigenvalue weighted by Crippen LogP contribution is -2.27. The van der Waals surface area contributed by atoms with Crippen LogP contribution in [0.2, 0.25) is 0 Å². The molecule has 0 unspecified atom stereocenters. The number of aryl methyl sites for hydroxylation is 2. The molecule has 3 nitrogen and oxygen atoms in total. The fourth-order valence-corrected chi connectivity index (χ4v) is 8.21. The minimum atomic E-state index is -1.51. The van der Waals surface area contributed by atoms with Crippen LogP contribution in [0.15, 0.2) is 84.9 Å². The zero-order chi connectivity index (χ0) is 23.0. The number of nitrogens with zero attached hydrogens (tertiary/aromatic N) is 1. The first-order chi connectivity index (χ1) is 17.3. The van der Waals surface area contributed by atoms with E-state index in [2.05, 4.69) is 102 Å². The Morgan fingerprint density at radius 2 is 1.11 bits per heavy atom. The van der Waals surface area contributed by atoms with Gasteiger partial charge in [0.1, 0.15) is 11.5 Å². The maximum absolute atomic E-state index is 6.98. The van der Waals surface area contributed by atoms with Crippen LogP contribution < -0.4 is 13.7 Å². The lowest BCUT2D eigenvalue weighted by molar-refractivity contribution is 0.426. The molecule has 2 heterocycles. The monoisotopic (exact) mass is 473 g/mol. The van der Waals surface area contributed by atoms with Crippen molar-refractivity contribution in [1.82, 2.24) is 0 Å². The zero-order valence-corrected chi connectivity index (χ0v) is 20.2. The summed E-state index contributed by atoms with van der Waals surface area (Å²) >= 11 is 0. The molecule has 4 aromatic carbocycles. The highest BCUT2D eigenvalue weighted by Gasteiger charge is 2.50. The van der Waals surface area contributed by atoms with E-state index < -0.39 is 8.53 Å². The maximum atomic E-state index is 6.98. The van der Waals surface area contributed by atoms with E-state index in [1.165, 1.54) is 22.3 Å². The van der Waals surface area contributed by atoms with Gasteiger partial charge < -0.3 is 9.05 Å². The Morgan fingerprint density at radius 3 is 1.66 bits per heavy atom. The summed E-state index contributed by atoms with van der Waals surface area (Å²) in [5, 5.41) is 0. The van der Waals surface area contributed by atoms with Gasteiger partial charge in [-0.25, -0.2) is 0 Å². The number of para-hydroxylation sites is 2. The summed E-state index contributed by atoms with van der Waals surface area (Å²) in [6.45, 7) is 0. The average molecular weight is 474 g/mol. The standard InChI is InChI=1S/C31H24NO2P/c1-3-11-25-21(7-1)15-16-22-8-2-4-12-26(22)32(25)35-33-27-13-5-9-23-17-19-31(29(23)27)20-18-24-10-6-14-28(34-35)30(24)31/h1-16H,17-20H2. The Balaban J connectivity index is 1.39. The van der Waals surface area contributed by atoms with Crippen molar-refractivity contribution in [3.8, 4) is 11.5 Å². The first-order valence-corrected chi connectivity index (χ1v) is 13.5. The number of fused-ring (bicyclic) bond motifs is 2. The Labute approximate surface area is 206 Å². The van der Waals surface area contributed by atoms with Crippen LogP contribution in [-0.2, 0) is 18.3 Å². The van der Waals surface area contributed by atoms with Crippen LogP contribution in [0, 0.1) is 0 Å². The zero-order valence-electron chi connectivity index (χ0n) is 19.3. The first kappa shape index (κ1) is 19.7. The predicted octanol–water partition coefficient (Wildman–Crippen LogP) is 8.19. The molecule has 0 saturated heterocycles. The molecule has 4 aromatic rings. The van der Waals surface area contributed by atoms with Crippen molar-refractivity contribution in [1.29, 1.82) is 0 Å². The quantitative estimate of drug-likeness (QED) is 0.260. The third-order valence-electron chi connectivity index (χ3n) is 8.11. The number of hydrogen-bond acceptors (Lipinski definition) is 3. The molecule has 35 heavy (non-hydrogen) atoms. The summed E-state index contributed by atoms with van der Waals surface area (Å²) in [7, 11) is -1.51. The van der Waals surface area contributed by atoms with Crippen molar-refractivity contribution >= 4 is 32.1 Å². The third kappa shape index (κ3) is 2.71. The second kappa shape index (κ2) is 7.23. The first-order valence-electron chi connectivity index (χ1n) is 12.4. The highest BCUT2D eigenvalue weighted by Crippen LogP contribution is 2.63. The molecule has 2 aliphatic heterocycles.